The van der Waals surface area contributed by atoms with Crippen LogP contribution in [0.4, 0.5) is 10.1 Å². The summed E-state index contributed by atoms with van der Waals surface area (Å²) in [7, 11) is 0. The lowest BCUT2D eigenvalue weighted by Gasteiger charge is -2.08. The fourth-order valence-electron chi connectivity index (χ4n) is 1.63. The molecule has 2 rings (SSSR count). The van der Waals surface area contributed by atoms with E-state index in [-0.39, 0.29) is 5.88 Å². The van der Waals surface area contributed by atoms with Gasteiger partial charge in [-0.3, -0.25) is 4.98 Å². The number of aromatic nitrogens is 2. The normalized spacial score (nSPS) is 10.3. The molecule has 0 bridgehead atoms. The van der Waals surface area contributed by atoms with E-state index in [1.807, 2.05) is 0 Å². The fourth-order valence-corrected chi connectivity index (χ4v) is 1.63. The highest BCUT2D eigenvalue weighted by Gasteiger charge is 2.12. The maximum Gasteiger partial charge on any atom is 0.250 e. The minimum absolute atomic E-state index is 0.0254. The van der Waals surface area contributed by atoms with Gasteiger partial charge in [-0.2, -0.15) is 0 Å². The molecule has 2 N–H and O–H groups in total. The number of hydrogen-bond donors (Lipinski definition) is 1. The van der Waals surface area contributed by atoms with Gasteiger partial charge in [-0.15, -0.1) is 0 Å². The molecule has 0 spiro atoms. The maximum atomic E-state index is 14.0. The Hall–Kier alpha value is -2.17. The summed E-state index contributed by atoms with van der Waals surface area (Å²) < 4.78 is 19.1. The number of hydrogen-bond acceptors (Lipinski definition) is 4. The Labute approximate surface area is 105 Å². The van der Waals surface area contributed by atoms with Crippen LogP contribution in [-0.4, -0.2) is 16.6 Å². The zero-order valence-corrected chi connectivity index (χ0v) is 10.1. The van der Waals surface area contributed by atoms with Gasteiger partial charge in [0.25, 0.3) is 5.88 Å². The number of pyridine rings is 2. The molecule has 0 amide bonds. The zero-order chi connectivity index (χ0) is 13.0. The zero-order valence-electron chi connectivity index (χ0n) is 10.1. The van der Waals surface area contributed by atoms with Crippen molar-refractivity contribution in [3.8, 4) is 5.88 Å². The summed E-state index contributed by atoms with van der Waals surface area (Å²) >= 11 is 0. The molecule has 18 heavy (non-hydrogen) atoms. The summed E-state index contributed by atoms with van der Waals surface area (Å²) in [6.07, 6.45) is 5.13. The number of nitrogens with zero attached hydrogens (tertiary/aromatic N) is 2. The van der Waals surface area contributed by atoms with Crippen LogP contribution in [0.2, 0.25) is 0 Å². The Morgan fingerprint density at radius 1 is 1.28 bits per heavy atom. The summed E-state index contributed by atoms with van der Waals surface area (Å²) in [5, 5.41) is 0. The standard InChI is InChI=1S/C13H14FN3O/c1-2-18-13-12(14)9(3-6-17-13)7-10-8-16-5-4-11(10)15/h3-6,8H,2,7H2,1H3,(H2,15,16). The Balaban J connectivity index is 2.30. The van der Waals surface area contributed by atoms with Gasteiger partial charge < -0.3 is 10.5 Å². The number of rotatable bonds is 4. The first-order valence-corrected chi connectivity index (χ1v) is 5.67. The molecular weight excluding hydrogens is 233 g/mol. The van der Waals surface area contributed by atoms with Gasteiger partial charge in [-0.05, 0) is 30.2 Å². The first kappa shape index (κ1) is 12.3. The molecule has 2 aromatic rings. The first-order chi connectivity index (χ1) is 8.72. The van der Waals surface area contributed by atoms with Crippen LogP contribution in [0.1, 0.15) is 18.1 Å². The largest absolute Gasteiger partial charge is 0.476 e. The number of anilines is 1. The summed E-state index contributed by atoms with van der Waals surface area (Å²) in [6.45, 7) is 2.16. The lowest BCUT2D eigenvalue weighted by molar-refractivity contribution is 0.306. The minimum Gasteiger partial charge on any atom is -0.476 e. The topological polar surface area (TPSA) is 61.0 Å². The van der Waals surface area contributed by atoms with Crippen molar-refractivity contribution < 1.29 is 9.13 Å². The van der Waals surface area contributed by atoms with E-state index in [0.717, 1.165) is 5.56 Å². The third kappa shape index (κ3) is 2.56. The summed E-state index contributed by atoms with van der Waals surface area (Å²) in [4.78, 5) is 7.83. The van der Waals surface area contributed by atoms with E-state index in [4.69, 9.17) is 10.5 Å². The van der Waals surface area contributed by atoms with Gasteiger partial charge in [-0.1, -0.05) is 0 Å². The second-order valence-corrected chi connectivity index (χ2v) is 3.77. The SMILES string of the molecule is CCOc1nccc(Cc2cnccc2N)c1F. The monoisotopic (exact) mass is 247 g/mol. The van der Waals surface area contributed by atoms with Crippen molar-refractivity contribution in [2.24, 2.45) is 0 Å². The van der Waals surface area contributed by atoms with E-state index in [1.165, 1.54) is 6.20 Å². The predicted molar refractivity (Wildman–Crippen MR) is 66.8 cm³/mol. The van der Waals surface area contributed by atoms with Gasteiger partial charge in [0.1, 0.15) is 0 Å². The lowest BCUT2D eigenvalue weighted by Crippen LogP contribution is -2.03. The molecule has 4 nitrogen and oxygen atoms in total. The molecule has 0 aliphatic carbocycles. The van der Waals surface area contributed by atoms with Crippen molar-refractivity contribution in [1.82, 2.24) is 9.97 Å². The summed E-state index contributed by atoms with van der Waals surface area (Å²) in [5.74, 6) is -0.417. The third-order valence-corrected chi connectivity index (χ3v) is 2.54. The van der Waals surface area contributed by atoms with Gasteiger partial charge in [-0.25, -0.2) is 9.37 Å². The second-order valence-electron chi connectivity index (χ2n) is 3.77. The fraction of sp³-hybridized carbons (Fsp3) is 0.231. The average Bonchev–Trinajstić information content (AvgIpc) is 2.37. The van der Waals surface area contributed by atoms with Crippen molar-refractivity contribution in [2.45, 2.75) is 13.3 Å². The summed E-state index contributed by atoms with van der Waals surface area (Å²) in [6, 6.07) is 3.31. The number of halogens is 1. The van der Waals surface area contributed by atoms with Crippen LogP contribution in [-0.2, 0) is 6.42 Å². The second kappa shape index (κ2) is 5.44. The van der Waals surface area contributed by atoms with E-state index < -0.39 is 5.82 Å². The molecule has 0 saturated heterocycles. The Bertz CT molecular complexity index is 546. The van der Waals surface area contributed by atoms with Crippen molar-refractivity contribution in [3.63, 3.8) is 0 Å². The molecular formula is C13H14FN3O. The van der Waals surface area contributed by atoms with Crippen LogP contribution < -0.4 is 10.5 Å². The van der Waals surface area contributed by atoms with Gasteiger partial charge in [0.05, 0.1) is 6.61 Å². The smallest absolute Gasteiger partial charge is 0.250 e. The molecule has 5 heteroatoms. The molecule has 2 heterocycles. The highest BCUT2D eigenvalue weighted by atomic mass is 19.1. The van der Waals surface area contributed by atoms with Gasteiger partial charge in [0.2, 0.25) is 0 Å². The molecule has 0 aliphatic rings. The highest BCUT2D eigenvalue weighted by molar-refractivity contribution is 5.47. The van der Waals surface area contributed by atoms with Crippen LogP contribution in [0.25, 0.3) is 0 Å². The number of nitrogens with two attached hydrogens (primary N) is 1. The van der Waals surface area contributed by atoms with Crippen LogP contribution in [0.15, 0.2) is 30.7 Å². The maximum absolute atomic E-state index is 14.0. The van der Waals surface area contributed by atoms with Crippen LogP contribution >= 0.6 is 0 Å². The molecule has 94 valence electrons. The van der Waals surface area contributed by atoms with E-state index >= 15 is 0 Å². The first-order valence-electron chi connectivity index (χ1n) is 5.67. The van der Waals surface area contributed by atoms with Crippen molar-refractivity contribution in [1.29, 1.82) is 0 Å². The summed E-state index contributed by atoms with van der Waals surface area (Å²) in [5.41, 5.74) is 7.68. The van der Waals surface area contributed by atoms with Gasteiger partial charge in [0.15, 0.2) is 5.82 Å². The molecule has 2 aromatic heterocycles. The highest BCUT2D eigenvalue weighted by Crippen LogP contribution is 2.21. The van der Waals surface area contributed by atoms with Crippen LogP contribution in [0, 0.1) is 5.82 Å². The Kier molecular flexibility index (Phi) is 3.72. The lowest BCUT2D eigenvalue weighted by atomic mass is 10.1. The Morgan fingerprint density at radius 2 is 2.11 bits per heavy atom. The molecule has 0 atom stereocenters. The van der Waals surface area contributed by atoms with Crippen LogP contribution in [0.3, 0.4) is 0 Å². The van der Waals surface area contributed by atoms with Crippen molar-refractivity contribution in [2.75, 3.05) is 12.3 Å². The third-order valence-electron chi connectivity index (χ3n) is 2.54. The van der Waals surface area contributed by atoms with Gasteiger partial charge in [0, 0.05) is 30.7 Å². The molecule has 0 aromatic carbocycles. The number of ether oxygens (including phenoxy) is 1. The molecule has 0 radical (unpaired) electrons. The average molecular weight is 247 g/mol. The van der Waals surface area contributed by atoms with E-state index in [1.54, 1.807) is 31.5 Å². The molecule has 0 fully saturated rings. The molecule has 0 saturated carbocycles. The van der Waals surface area contributed by atoms with Gasteiger partial charge >= 0.3 is 0 Å². The van der Waals surface area contributed by atoms with E-state index in [9.17, 15) is 4.39 Å². The van der Waals surface area contributed by atoms with Crippen molar-refractivity contribution in [3.05, 3.63) is 47.7 Å². The van der Waals surface area contributed by atoms with E-state index in [0.29, 0.717) is 24.3 Å². The Morgan fingerprint density at radius 3 is 2.83 bits per heavy atom. The number of nitrogen functional groups attached to an aromatic ring is 1. The van der Waals surface area contributed by atoms with Crippen LogP contribution in [0.5, 0.6) is 5.88 Å². The minimum atomic E-state index is -0.442. The quantitative estimate of drug-likeness (QED) is 0.899. The van der Waals surface area contributed by atoms with E-state index in [2.05, 4.69) is 9.97 Å². The predicted octanol–water partition coefficient (Wildman–Crippen LogP) is 2.19. The molecule has 0 unspecified atom stereocenters. The molecule has 0 aliphatic heterocycles. The van der Waals surface area contributed by atoms with Crippen molar-refractivity contribution >= 4 is 5.69 Å².